The van der Waals surface area contributed by atoms with E-state index in [-0.39, 0.29) is 11.3 Å². The van der Waals surface area contributed by atoms with Crippen LogP contribution >= 0.6 is 0 Å². The third-order valence-corrected chi connectivity index (χ3v) is 2.57. The third kappa shape index (κ3) is 6.06. The maximum absolute atomic E-state index is 13.4. The second kappa shape index (κ2) is 9.50. The molecule has 0 saturated heterocycles. The summed E-state index contributed by atoms with van der Waals surface area (Å²) in [6.07, 6.45) is 1.86. The molecule has 2 N–H and O–H groups in total. The highest BCUT2D eigenvalue weighted by molar-refractivity contribution is 5.97. The van der Waals surface area contributed by atoms with Gasteiger partial charge in [0.15, 0.2) is 0 Å². The second-order valence-corrected chi connectivity index (χ2v) is 4.10. The number of nitrogens with zero attached hydrogens (tertiary/aromatic N) is 1. The number of halogens is 1. The van der Waals surface area contributed by atoms with Crippen LogP contribution in [0, 0.1) is 17.1 Å². The van der Waals surface area contributed by atoms with Gasteiger partial charge in [-0.25, -0.2) is 4.39 Å². The minimum Gasteiger partial charge on any atom is -0.382 e. The highest BCUT2D eigenvalue weighted by Gasteiger charge is 2.08. The Hall–Kier alpha value is -2.39. The molecule has 0 aromatic heterocycles. The van der Waals surface area contributed by atoms with Crippen LogP contribution in [-0.2, 0) is 9.53 Å². The Labute approximate surface area is 123 Å². The molecular weight excluding hydrogens is 273 g/mol. The average molecular weight is 291 g/mol. The summed E-state index contributed by atoms with van der Waals surface area (Å²) in [5.74, 6) is -0.957. The smallest absolute Gasteiger partial charge is 0.263 e. The van der Waals surface area contributed by atoms with Crippen LogP contribution in [0.15, 0.2) is 36.0 Å². The highest BCUT2D eigenvalue weighted by Crippen LogP contribution is 2.12. The minimum absolute atomic E-state index is 0.116. The number of nitriles is 1. The van der Waals surface area contributed by atoms with Gasteiger partial charge in [-0.05, 0) is 25.5 Å². The lowest BCUT2D eigenvalue weighted by Crippen LogP contribution is -2.26. The van der Waals surface area contributed by atoms with Gasteiger partial charge in [0, 0.05) is 26.0 Å². The molecule has 112 valence electrons. The average Bonchev–Trinajstić information content (AvgIpc) is 2.49. The summed E-state index contributed by atoms with van der Waals surface area (Å²) in [7, 11) is 0. The number of ether oxygens (including phenoxy) is 1. The van der Waals surface area contributed by atoms with Gasteiger partial charge < -0.3 is 15.4 Å². The quantitative estimate of drug-likeness (QED) is 0.437. The van der Waals surface area contributed by atoms with Gasteiger partial charge in [0.25, 0.3) is 5.91 Å². The van der Waals surface area contributed by atoms with Gasteiger partial charge in [0.05, 0.1) is 5.69 Å². The first kappa shape index (κ1) is 16.7. The van der Waals surface area contributed by atoms with Crippen LogP contribution in [-0.4, -0.2) is 25.7 Å². The van der Waals surface area contributed by atoms with E-state index in [1.165, 1.54) is 18.3 Å². The first-order valence-electron chi connectivity index (χ1n) is 6.66. The van der Waals surface area contributed by atoms with E-state index in [2.05, 4.69) is 10.6 Å². The summed E-state index contributed by atoms with van der Waals surface area (Å²) in [6, 6.07) is 7.79. The molecule has 0 saturated carbocycles. The Bertz CT molecular complexity index is 538. The Kier molecular flexibility index (Phi) is 7.54. The maximum Gasteiger partial charge on any atom is 0.263 e. The van der Waals surface area contributed by atoms with E-state index in [4.69, 9.17) is 10.00 Å². The summed E-state index contributed by atoms with van der Waals surface area (Å²) < 4.78 is 18.5. The van der Waals surface area contributed by atoms with Crippen molar-refractivity contribution in [2.75, 3.05) is 25.1 Å². The molecule has 0 aliphatic heterocycles. The molecule has 5 nitrogen and oxygen atoms in total. The van der Waals surface area contributed by atoms with Gasteiger partial charge in [-0.15, -0.1) is 0 Å². The van der Waals surface area contributed by atoms with Crippen LogP contribution in [0.25, 0.3) is 0 Å². The fraction of sp³-hybridized carbons (Fsp3) is 0.333. The highest BCUT2D eigenvalue weighted by atomic mass is 19.1. The molecule has 0 unspecified atom stereocenters. The fourth-order valence-corrected chi connectivity index (χ4v) is 1.49. The van der Waals surface area contributed by atoms with Crippen LogP contribution in [0.3, 0.4) is 0 Å². The lowest BCUT2D eigenvalue weighted by molar-refractivity contribution is -0.117. The number of rotatable bonds is 8. The molecule has 6 heteroatoms. The predicted octanol–water partition coefficient (Wildman–Crippen LogP) is 2.19. The molecule has 0 atom stereocenters. The Balaban J connectivity index is 2.50. The van der Waals surface area contributed by atoms with E-state index in [0.29, 0.717) is 26.2 Å². The van der Waals surface area contributed by atoms with E-state index >= 15 is 0 Å². The molecule has 0 heterocycles. The Morgan fingerprint density at radius 3 is 2.90 bits per heavy atom. The van der Waals surface area contributed by atoms with Gasteiger partial charge in [0.2, 0.25) is 0 Å². The van der Waals surface area contributed by atoms with E-state index in [9.17, 15) is 9.18 Å². The number of para-hydroxylation sites is 1. The number of nitrogens with one attached hydrogen (secondary N) is 2. The van der Waals surface area contributed by atoms with Gasteiger partial charge in [-0.2, -0.15) is 5.26 Å². The van der Waals surface area contributed by atoms with Crippen molar-refractivity contribution in [3.05, 3.63) is 41.9 Å². The summed E-state index contributed by atoms with van der Waals surface area (Å²) in [5, 5.41) is 14.2. The molecule has 1 amide bonds. The van der Waals surface area contributed by atoms with Crippen molar-refractivity contribution in [3.63, 3.8) is 0 Å². The molecule has 0 radical (unpaired) electrons. The molecule has 0 spiro atoms. The van der Waals surface area contributed by atoms with Crippen molar-refractivity contribution < 1.29 is 13.9 Å². The lowest BCUT2D eigenvalue weighted by atomic mass is 10.2. The maximum atomic E-state index is 13.4. The number of hydrogen-bond donors (Lipinski definition) is 2. The summed E-state index contributed by atoms with van der Waals surface area (Å²) in [5.41, 5.74) is 0.0871. The van der Waals surface area contributed by atoms with E-state index in [1.54, 1.807) is 18.2 Å². The van der Waals surface area contributed by atoms with Gasteiger partial charge >= 0.3 is 0 Å². The number of benzene rings is 1. The normalized spacial score (nSPS) is 10.8. The molecule has 0 aliphatic carbocycles. The van der Waals surface area contributed by atoms with E-state index in [0.717, 1.165) is 0 Å². The monoisotopic (exact) mass is 291 g/mol. The first-order chi connectivity index (χ1) is 10.2. The number of hydrogen-bond acceptors (Lipinski definition) is 4. The van der Waals surface area contributed by atoms with Crippen molar-refractivity contribution in [1.29, 1.82) is 5.26 Å². The number of carbonyl (C=O) groups excluding carboxylic acids is 1. The largest absolute Gasteiger partial charge is 0.382 e. The zero-order valence-electron chi connectivity index (χ0n) is 11.9. The van der Waals surface area contributed by atoms with Crippen LogP contribution in [0.1, 0.15) is 13.3 Å². The summed E-state index contributed by atoms with van der Waals surface area (Å²) >= 11 is 0. The van der Waals surface area contributed by atoms with Gasteiger partial charge in [-0.1, -0.05) is 12.1 Å². The SMILES string of the molecule is CCOCCCNC(=O)/C(C#N)=C\Nc1ccccc1F. The van der Waals surface area contributed by atoms with Crippen molar-refractivity contribution in [2.24, 2.45) is 0 Å². The van der Waals surface area contributed by atoms with Crippen molar-refractivity contribution in [3.8, 4) is 6.07 Å². The van der Waals surface area contributed by atoms with Crippen LogP contribution in [0.5, 0.6) is 0 Å². The van der Waals surface area contributed by atoms with Gasteiger partial charge in [-0.3, -0.25) is 4.79 Å². The van der Waals surface area contributed by atoms with Crippen molar-refractivity contribution in [2.45, 2.75) is 13.3 Å². The molecule has 0 bridgehead atoms. The van der Waals surface area contributed by atoms with Crippen LogP contribution in [0.2, 0.25) is 0 Å². The molecule has 0 fully saturated rings. The van der Waals surface area contributed by atoms with Crippen molar-refractivity contribution in [1.82, 2.24) is 5.32 Å². The van der Waals surface area contributed by atoms with Gasteiger partial charge in [0.1, 0.15) is 17.5 Å². The van der Waals surface area contributed by atoms with Crippen molar-refractivity contribution >= 4 is 11.6 Å². The van der Waals surface area contributed by atoms with Crippen LogP contribution in [0.4, 0.5) is 10.1 Å². The topological polar surface area (TPSA) is 74.1 Å². The third-order valence-electron chi connectivity index (χ3n) is 2.57. The number of amides is 1. The molecule has 1 rings (SSSR count). The second-order valence-electron chi connectivity index (χ2n) is 4.10. The minimum atomic E-state index is -0.502. The van der Waals surface area contributed by atoms with Crippen LogP contribution < -0.4 is 10.6 Å². The molecule has 0 aliphatic rings. The number of anilines is 1. The summed E-state index contributed by atoms with van der Waals surface area (Å²) in [4.78, 5) is 11.7. The Morgan fingerprint density at radius 1 is 1.48 bits per heavy atom. The molecule has 21 heavy (non-hydrogen) atoms. The molecule has 1 aromatic rings. The Morgan fingerprint density at radius 2 is 2.24 bits per heavy atom. The fourth-order valence-electron chi connectivity index (χ4n) is 1.49. The summed E-state index contributed by atoms with van der Waals surface area (Å²) in [6.45, 7) is 3.49. The predicted molar refractivity (Wildman–Crippen MR) is 77.8 cm³/mol. The van der Waals surface area contributed by atoms with E-state index in [1.807, 2.05) is 6.92 Å². The molecule has 1 aromatic carbocycles. The van der Waals surface area contributed by atoms with E-state index < -0.39 is 11.7 Å². The lowest BCUT2D eigenvalue weighted by Gasteiger charge is -2.05. The first-order valence-corrected chi connectivity index (χ1v) is 6.66. The molecular formula is C15H18FN3O2. The number of carbonyl (C=O) groups is 1. The zero-order valence-corrected chi connectivity index (χ0v) is 11.9. The zero-order chi connectivity index (χ0) is 15.5. The standard InChI is InChI=1S/C15H18FN3O2/c1-2-21-9-5-8-18-15(20)12(10-17)11-19-14-7-4-3-6-13(14)16/h3-4,6-7,11,19H,2,5,8-9H2,1H3,(H,18,20)/b12-11-.